The predicted octanol–water partition coefficient (Wildman–Crippen LogP) is 2.15. The van der Waals surface area contributed by atoms with Crippen LogP contribution in [0, 0.1) is 18.7 Å². The molecule has 1 amide bonds. The van der Waals surface area contributed by atoms with Gasteiger partial charge in [-0.25, -0.2) is 4.39 Å². The van der Waals surface area contributed by atoms with E-state index in [1.165, 1.54) is 6.07 Å². The molecule has 0 saturated carbocycles. The minimum atomic E-state index is -0.454. The van der Waals surface area contributed by atoms with E-state index < -0.39 is 5.82 Å². The van der Waals surface area contributed by atoms with E-state index in [1.54, 1.807) is 26.2 Å². The topological polar surface area (TPSA) is 38.3 Å². The van der Waals surface area contributed by atoms with E-state index in [1.807, 2.05) is 6.92 Å². The normalized spacial score (nSPS) is 12.2. The molecule has 0 aromatic heterocycles. The lowest BCUT2D eigenvalue weighted by molar-refractivity contribution is 0.0930. The fourth-order valence-corrected chi connectivity index (χ4v) is 1.53. The Morgan fingerprint density at radius 1 is 1.53 bits per heavy atom. The van der Waals surface area contributed by atoms with Crippen molar-refractivity contribution in [1.82, 2.24) is 5.32 Å². The van der Waals surface area contributed by atoms with E-state index in [0.29, 0.717) is 18.7 Å². The fourth-order valence-electron chi connectivity index (χ4n) is 1.53. The van der Waals surface area contributed by atoms with Gasteiger partial charge in [0.05, 0.1) is 12.2 Å². The van der Waals surface area contributed by atoms with Crippen molar-refractivity contribution in [1.29, 1.82) is 0 Å². The van der Waals surface area contributed by atoms with Crippen molar-refractivity contribution >= 4 is 5.91 Å². The molecule has 4 heteroatoms. The van der Waals surface area contributed by atoms with Crippen molar-refractivity contribution in [2.45, 2.75) is 13.8 Å². The van der Waals surface area contributed by atoms with Gasteiger partial charge in [0.1, 0.15) is 5.82 Å². The van der Waals surface area contributed by atoms with Crippen LogP contribution in [0.15, 0.2) is 18.2 Å². The molecule has 1 aromatic carbocycles. The summed E-state index contributed by atoms with van der Waals surface area (Å²) < 4.78 is 18.6. The zero-order valence-corrected chi connectivity index (χ0v) is 10.4. The first-order valence-electron chi connectivity index (χ1n) is 5.58. The molecule has 0 radical (unpaired) electrons. The molecule has 0 aliphatic carbocycles. The number of halogens is 1. The molecule has 0 saturated heterocycles. The third-order valence-corrected chi connectivity index (χ3v) is 2.50. The van der Waals surface area contributed by atoms with E-state index in [2.05, 4.69) is 5.32 Å². The Labute approximate surface area is 101 Å². The summed E-state index contributed by atoms with van der Waals surface area (Å²) >= 11 is 0. The van der Waals surface area contributed by atoms with Crippen LogP contribution in [-0.2, 0) is 4.74 Å². The van der Waals surface area contributed by atoms with Crippen molar-refractivity contribution in [3.05, 3.63) is 35.1 Å². The average molecular weight is 239 g/mol. The molecule has 1 N–H and O–H groups in total. The predicted molar refractivity (Wildman–Crippen MR) is 64.5 cm³/mol. The number of hydrogen-bond acceptors (Lipinski definition) is 2. The van der Waals surface area contributed by atoms with Crippen LogP contribution in [-0.4, -0.2) is 26.2 Å². The number of methoxy groups -OCH3 is 1. The van der Waals surface area contributed by atoms with Gasteiger partial charge in [-0.15, -0.1) is 0 Å². The SMILES string of the molecule is COCC(C)CNC(=O)c1cccc(C)c1F. The molecule has 17 heavy (non-hydrogen) atoms. The van der Waals surface area contributed by atoms with Crippen LogP contribution in [0.2, 0.25) is 0 Å². The molecule has 94 valence electrons. The molecule has 1 aromatic rings. The zero-order chi connectivity index (χ0) is 12.8. The number of benzene rings is 1. The Balaban J connectivity index is 2.61. The van der Waals surface area contributed by atoms with E-state index in [9.17, 15) is 9.18 Å². The maximum atomic E-state index is 13.6. The highest BCUT2D eigenvalue weighted by atomic mass is 19.1. The van der Waals surface area contributed by atoms with Gasteiger partial charge in [0.25, 0.3) is 5.91 Å². The summed E-state index contributed by atoms with van der Waals surface area (Å²) in [7, 11) is 1.61. The first kappa shape index (κ1) is 13.6. The van der Waals surface area contributed by atoms with Crippen molar-refractivity contribution in [2.24, 2.45) is 5.92 Å². The second-order valence-electron chi connectivity index (χ2n) is 4.21. The van der Waals surface area contributed by atoms with Crippen LogP contribution >= 0.6 is 0 Å². The lowest BCUT2D eigenvalue weighted by Gasteiger charge is -2.12. The second kappa shape index (κ2) is 6.35. The summed E-state index contributed by atoms with van der Waals surface area (Å²) in [5, 5.41) is 2.69. The molecule has 0 aliphatic heterocycles. The monoisotopic (exact) mass is 239 g/mol. The minimum Gasteiger partial charge on any atom is -0.384 e. The highest BCUT2D eigenvalue weighted by molar-refractivity contribution is 5.94. The molecule has 1 unspecified atom stereocenters. The Morgan fingerprint density at radius 2 is 2.24 bits per heavy atom. The maximum absolute atomic E-state index is 13.6. The highest BCUT2D eigenvalue weighted by Crippen LogP contribution is 2.11. The van der Waals surface area contributed by atoms with Gasteiger partial charge >= 0.3 is 0 Å². The average Bonchev–Trinajstić information content (AvgIpc) is 2.30. The Bertz CT molecular complexity index is 393. The maximum Gasteiger partial charge on any atom is 0.254 e. The first-order chi connectivity index (χ1) is 8.06. The van der Waals surface area contributed by atoms with Gasteiger partial charge in [0, 0.05) is 13.7 Å². The molecule has 0 bridgehead atoms. The fraction of sp³-hybridized carbons (Fsp3) is 0.462. The quantitative estimate of drug-likeness (QED) is 0.855. The highest BCUT2D eigenvalue weighted by Gasteiger charge is 2.13. The number of hydrogen-bond donors (Lipinski definition) is 1. The van der Waals surface area contributed by atoms with Gasteiger partial charge in [-0.2, -0.15) is 0 Å². The third kappa shape index (κ3) is 3.82. The largest absolute Gasteiger partial charge is 0.384 e. The number of nitrogens with one attached hydrogen (secondary N) is 1. The number of amides is 1. The molecule has 0 heterocycles. The molecular weight excluding hydrogens is 221 g/mol. The smallest absolute Gasteiger partial charge is 0.254 e. The lowest BCUT2D eigenvalue weighted by Crippen LogP contribution is -2.30. The standard InChI is InChI=1S/C13H18FNO2/c1-9(8-17-3)7-15-13(16)11-6-4-5-10(2)12(11)14/h4-6,9H,7-8H2,1-3H3,(H,15,16). The van der Waals surface area contributed by atoms with E-state index in [0.717, 1.165) is 0 Å². The second-order valence-corrected chi connectivity index (χ2v) is 4.21. The molecule has 1 atom stereocenters. The van der Waals surface area contributed by atoms with Crippen LogP contribution in [0.3, 0.4) is 0 Å². The third-order valence-electron chi connectivity index (χ3n) is 2.50. The summed E-state index contributed by atoms with van der Waals surface area (Å²) in [6.45, 7) is 4.63. The van der Waals surface area contributed by atoms with Crippen molar-refractivity contribution in [3.8, 4) is 0 Å². The van der Waals surface area contributed by atoms with Gasteiger partial charge in [-0.1, -0.05) is 19.1 Å². The van der Waals surface area contributed by atoms with Gasteiger partial charge in [-0.05, 0) is 24.5 Å². The summed E-state index contributed by atoms with van der Waals surface area (Å²) in [4.78, 5) is 11.7. The molecular formula is C13H18FNO2. The van der Waals surface area contributed by atoms with Gasteiger partial charge in [0.15, 0.2) is 0 Å². The summed E-state index contributed by atoms with van der Waals surface area (Å²) in [6.07, 6.45) is 0. The van der Waals surface area contributed by atoms with E-state index >= 15 is 0 Å². The van der Waals surface area contributed by atoms with Crippen molar-refractivity contribution < 1.29 is 13.9 Å². The molecule has 0 aliphatic rings. The van der Waals surface area contributed by atoms with E-state index in [-0.39, 0.29) is 17.4 Å². The van der Waals surface area contributed by atoms with Crippen LogP contribution < -0.4 is 5.32 Å². The number of carbonyl (C=O) groups is 1. The summed E-state index contributed by atoms with van der Waals surface area (Å²) in [5.41, 5.74) is 0.567. The number of aryl methyl sites for hydroxylation is 1. The Morgan fingerprint density at radius 3 is 2.88 bits per heavy atom. The Hall–Kier alpha value is -1.42. The van der Waals surface area contributed by atoms with Crippen molar-refractivity contribution in [2.75, 3.05) is 20.3 Å². The van der Waals surface area contributed by atoms with Crippen LogP contribution in [0.25, 0.3) is 0 Å². The summed E-state index contributed by atoms with van der Waals surface area (Å²) in [6, 6.07) is 4.80. The minimum absolute atomic E-state index is 0.0922. The molecule has 0 fully saturated rings. The first-order valence-corrected chi connectivity index (χ1v) is 5.58. The van der Waals surface area contributed by atoms with Crippen LogP contribution in [0.1, 0.15) is 22.8 Å². The number of ether oxygens (including phenoxy) is 1. The van der Waals surface area contributed by atoms with Crippen molar-refractivity contribution in [3.63, 3.8) is 0 Å². The Kier molecular flexibility index (Phi) is 5.10. The number of rotatable bonds is 5. The molecule has 1 rings (SSSR count). The van der Waals surface area contributed by atoms with Gasteiger partial charge in [0.2, 0.25) is 0 Å². The molecule has 3 nitrogen and oxygen atoms in total. The van der Waals surface area contributed by atoms with Gasteiger partial charge < -0.3 is 10.1 Å². The van der Waals surface area contributed by atoms with Gasteiger partial charge in [-0.3, -0.25) is 4.79 Å². The number of carbonyl (C=O) groups excluding carboxylic acids is 1. The van der Waals surface area contributed by atoms with Crippen LogP contribution in [0.4, 0.5) is 4.39 Å². The molecule has 0 spiro atoms. The van der Waals surface area contributed by atoms with E-state index in [4.69, 9.17) is 4.74 Å². The lowest BCUT2D eigenvalue weighted by atomic mass is 10.1. The summed E-state index contributed by atoms with van der Waals surface area (Å²) in [5.74, 6) is -0.629. The zero-order valence-electron chi connectivity index (χ0n) is 10.4. The van der Waals surface area contributed by atoms with Crippen LogP contribution in [0.5, 0.6) is 0 Å².